The van der Waals surface area contributed by atoms with E-state index in [1.807, 2.05) is 27.8 Å². The summed E-state index contributed by atoms with van der Waals surface area (Å²) in [4.78, 5) is 20.2. The van der Waals surface area contributed by atoms with Gasteiger partial charge in [0, 0.05) is 24.7 Å². The van der Waals surface area contributed by atoms with Crippen LogP contribution in [0.4, 0.5) is 0 Å². The number of hydrogen-bond donors (Lipinski definition) is 0. The van der Waals surface area contributed by atoms with Gasteiger partial charge in [0.15, 0.2) is 5.65 Å². The molecule has 140 valence electrons. The van der Waals surface area contributed by atoms with Crippen LogP contribution in [0.15, 0.2) is 36.5 Å². The number of pyridine rings is 1. The van der Waals surface area contributed by atoms with E-state index in [1.165, 1.54) is 6.42 Å². The molecule has 2 aromatic heterocycles. The van der Waals surface area contributed by atoms with Crippen LogP contribution < -0.4 is 0 Å². The van der Waals surface area contributed by atoms with Gasteiger partial charge < -0.3 is 4.90 Å². The van der Waals surface area contributed by atoms with E-state index < -0.39 is 0 Å². The van der Waals surface area contributed by atoms with E-state index in [9.17, 15) is 4.79 Å². The van der Waals surface area contributed by atoms with E-state index >= 15 is 0 Å². The molecule has 1 aliphatic rings. The number of carbonyl (C=O) groups is 1. The van der Waals surface area contributed by atoms with Crippen molar-refractivity contribution in [3.8, 4) is 11.3 Å². The number of likely N-dealkylation sites (tertiary alicyclic amines) is 1. The Bertz CT molecular complexity index is 983. The number of hydrogen-bond acceptors (Lipinski definition) is 3. The first-order valence-electron chi connectivity index (χ1n) is 9.80. The summed E-state index contributed by atoms with van der Waals surface area (Å²) in [6, 6.07) is 10.3. The molecule has 1 saturated heterocycles. The lowest BCUT2D eigenvalue weighted by atomic mass is 10.0. The Labute approximate surface area is 160 Å². The molecule has 1 amide bonds. The topological polar surface area (TPSA) is 51.0 Å². The fraction of sp³-hybridized carbons (Fsp3) is 0.409. The maximum Gasteiger partial charge on any atom is 0.254 e. The minimum atomic E-state index is 0.0974. The molecular formula is C22H26N4O. The van der Waals surface area contributed by atoms with Crippen LogP contribution in [0.1, 0.15) is 55.1 Å². The van der Waals surface area contributed by atoms with Crippen molar-refractivity contribution in [3.05, 3.63) is 47.7 Å². The number of amides is 1. The average Bonchev–Trinajstić information content (AvgIpc) is 3.12. The van der Waals surface area contributed by atoms with Gasteiger partial charge in [-0.1, -0.05) is 24.3 Å². The largest absolute Gasteiger partial charge is 0.339 e. The van der Waals surface area contributed by atoms with Gasteiger partial charge in [-0.05, 0) is 51.7 Å². The van der Waals surface area contributed by atoms with Crippen molar-refractivity contribution in [2.75, 3.05) is 13.1 Å². The lowest BCUT2D eigenvalue weighted by Crippen LogP contribution is -2.35. The first-order valence-corrected chi connectivity index (χ1v) is 9.80. The van der Waals surface area contributed by atoms with E-state index in [-0.39, 0.29) is 11.9 Å². The fourth-order valence-corrected chi connectivity index (χ4v) is 3.84. The van der Waals surface area contributed by atoms with E-state index in [4.69, 9.17) is 4.98 Å². The van der Waals surface area contributed by atoms with Gasteiger partial charge >= 0.3 is 0 Å². The Morgan fingerprint density at radius 1 is 1.11 bits per heavy atom. The fourth-order valence-electron chi connectivity index (χ4n) is 3.84. The van der Waals surface area contributed by atoms with Gasteiger partial charge in [0.25, 0.3) is 5.91 Å². The number of aromatic nitrogens is 3. The zero-order chi connectivity index (χ0) is 19.0. The highest BCUT2D eigenvalue weighted by molar-refractivity contribution is 6.06. The summed E-state index contributed by atoms with van der Waals surface area (Å²) in [6.07, 6.45) is 5.15. The van der Waals surface area contributed by atoms with Gasteiger partial charge in [0.05, 0.1) is 22.8 Å². The number of piperidine rings is 1. The molecule has 1 aliphatic heterocycles. The predicted octanol–water partition coefficient (Wildman–Crippen LogP) is 4.61. The maximum atomic E-state index is 13.3. The van der Waals surface area contributed by atoms with Crippen molar-refractivity contribution in [2.24, 2.45) is 0 Å². The highest BCUT2D eigenvalue weighted by Crippen LogP contribution is 2.29. The van der Waals surface area contributed by atoms with Crippen LogP contribution in [0.25, 0.3) is 22.3 Å². The predicted molar refractivity (Wildman–Crippen MR) is 108 cm³/mol. The summed E-state index contributed by atoms with van der Waals surface area (Å²) in [6.45, 7) is 7.91. The zero-order valence-corrected chi connectivity index (χ0v) is 16.3. The lowest BCUT2D eigenvalue weighted by molar-refractivity contribution is 0.0726. The summed E-state index contributed by atoms with van der Waals surface area (Å²) in [5.74, 6) is 0.0974. The quantitative estimate of drug-likeness (QED) is 0.683. The Morgan fingerprint density at radius 2 is 1.85 bits per heavy atom. The Balaban J connectivity index is 1.91. The minimum Gasteiger partial charge on any atom is -0.339 e. The summed E-state index contributed by atoms with van der Waals surface area (Å²) in [5, 5.41) is 5.37. The molecule has 5 nitrogen and oxygen atoms in total. The van der Waals surface area contributed by atoms with E-state index in [1.54, 1.807) is 6.20 Å². The van der Waals surface area contributed by atoms with Gasteiger partial charge in [0.2, 0.25) is 0 Å². The molecule has 4 rings (SSSR count). The zero-order valence-electron chi connectivity index (χ0n) is 16.3. The Hall–Kier alpha value is -2.69. The van der Waals surface area contributed by atoms with Crippen molar-refractivity contribution < 1.29 is 4.79 Å². The Kier molecular flexibility index (Phi) is 4.68. The van der Waals surface area contributed by atoms with Crippen LogP contribution in [0.5, 0.6) is 0 Å². The van der Waals surface area contributed by atoms with Gasteiger partial charge in [-0.25, -0.2) is 9.67 Å². The third-order valence-corrected chi connectivity index (χ3v) is 5.35. The second-order valence-corrected chi connectivity index (χ2v) is 7.64. The molecule has 3 aromatic rings. The SMILES string of the molecule is Cc1ccccc1-c1cc(C(=O)N2CCCCC2)c2cnn(C(C)C)c2n1. The van der Waals surface area contributed by atoms with Crippen LogP contribution in [0.3, 0.4) is 0 Å². The van der Waals surface area contributed by atoms with Crippen molar-refractivity contribution in [1.82, 2.24) is 19.7 Å². The molecule has 0 saturated carbocycles. The van der Waals surface area contributed by atoms with Crippen molar-refractivity contribution >= 4 is 16.9 Å². The summed E-state index contributed by atoms with van der Waals surface area (Å²) in [7, 11) is 0. The minimum absolute atomic E-state index is 0.0974. The van der Waals surface area contributed by atoms with Crippen molar-refractivity contribution in [1.29, 1.82) is 0 Å². The van der Waals surface area contributed by atoms with E-state index in [2.05, 4.69) is 38.0 Å². The molecule has 1 aromatic carbocycles. The third kappa shape index (κ3) is 3.22. The molecule has 0 bridgehead atoms. The normalized spacial score (nSPS) is 14.9. The summed E-state index contributed by atoms with van der Waals surface area (Å²) in [5.41, 5.74) is 4.54. The van der Waals surface area contributed by atoms with E-state index in [0.717, 1.165) is 53.8 Å². The average molecular weight is 362 g/mol. The highest BCUT2D eigenvalue weighted by Gasteiger charge is 2.24. The van der Waals surface area contributed by atoms with Gasteiger partial charge in [-0.15, -0.1) is 0 Å². The Morgan fingerprint density at radius 3 is 2.56 bits per heavy atom. The number of rotatable bonds is 3. The van der Waals surface area contributed by atoms with Gasteiger partial charge in [0.1, 0.15) is 0 Å². The van der Waals surface area contributed by atoms with E-state index in [0.29, 0.717) is 5.56 Å². The number of benzene rings is 1. The number of fused-ring (bicyclic) bond motifs is 1. The second-order valence-electron chi connectivity index (χ2n) is 7.64. The standard InChI is InChI=1S/C22H26N4O/c1-15(2)26-21-19(14-23-26)18(22(27)25-11-7-4-8-12-25)13-20(24-21)17-10-6-5-9-16(17)3/h5-6,9-10,13-15H,4,7-8,11-12H2,1-3H3. The number of nitrogens with zero attached hydrogens (tertiary/aromatic N) is 4. The van der Waals surface area contributed by atoms with Crippen LogP contribution >= 0.6 is 0 Å². The molecular weight excluding hydrogens is 336 g/mol. The highest BCUT2D eigenvalue weighted by atomic mass is 16.2. The second kappa shape index (κ2) is 7.14. The molecule has 5 heteroatoms. The molecule has 27 heavy (non-hydrogen) atoms. The summed E-state index contributed by atoms with van der Waals surface area (Å²) < 4.78 is 1.91. The van der Waals surface area contributed by atoms with Gasteiger partial charge in [-0.2, -0.15) is 5.10 Å². The first kappa shape index (κ1) is 17.7. The molecule has 0 aliphatic carbocycles. The number of aryl methyl sites for hydroxylation is 1. The molecule has 0 radical (unpaired) electrons. The van der Waals surface area contributed by atoms with Crippen LogP contribution in [-0.4, -0.2) is 38.7 Å². The summed E-state index contributed by atoms with van der Waals surface area (Å²) >= 11 is 0. The third-order valence-electron chi connectivity index (χ3n) is 5.35. The molecule has 0 N–H and O–H groups in total. The molecule has 0 unspecified atom stereocenters. The lowest BCUT2D eigenvalue weighted by Gasteiger charge is -2.27. The molecule has 1 fully saturated rings. The molecule has 0 atom stereocenters. The van der Waals surface area contributed by atoms with Crippen LogP contribution in [0.2, 0.25) is 0 Å². The first-order chi connectivity index (χ1) is 13.1. The van der Waals surface area contributed by atoms with Crippen LogP contribution in [0, 0.1) is 6.92 Å². The van der Waals surface area contributed by atoms with Crippen molar-refractivity contribution in [2.45, 2.75) is 46.1 Å². The molecule has 0 spiro atoms. The molecule has 3 heterocycles. The monoisotopic (exact) mass is 362 g/mol. The number of carbonyl (C=O) groups excluding carboxylic acids is 1. The maximum absolute atomic E-state index is 13.3. The van der Waals surface area contributed by atoms with Gasteiger partial charge in [-0.3, -0.25) is 4.79 Å². The van der Waals surface area contributed by atoms with Crippen molar-refractivity contribution in [3.63, 3.8) is 0 Å². The smallest absolute Gasteiger partial charge is 0.254 e. The van der Waals surface area contributed by atoms with Crippen LogP contribution in [-0.2, 0) is 0 Å².